The van der Waals surface area contributed by atoms with Gasteiger partial charge in [-0.3, -0.25) is 10.1 Å². The van der Waals surface area contributed by atoms with Crippen LogP contribution in [0, 0.1) is 10.1 Å². The van der Waals surface area contributed by atoms with Crippen molar-refractivity contribution >= 4 is 34.5 Å². The molecule has 1 aliphatic rings. The molecule has 1 aliphatic heterocycles. The van der Waals surface area contributed by atoms with Gasteiger partial charge in [-0.25, -0.2) is 0 Å². The van der Waals surface area contributed by atoms with Crippen molar-refractivity contribution < 1.29 is 4.92 Å². The van der Waals surface area contributed by atoms with Crippen LogP contribution in [0.3, 0.4) is 0 Å². The summed E-state index contributed by atoms with van der Waals surface area (Å²) in [5.74, 6) is 0.354. The van der Waals surface area contributed by atoms with E-state index in [1.54, 1.807) is 24.3 Å². The topological polar surface area (TPSA) is 79.2 Å². The van der Waals surface area contributed by atoms with Gasteiger partial charge in [-0.1, -0.05) is 23.8 Å². The van der Waals surface area contributed by atoms with Crippen LogP contribution in [0.25, 0.3) is 0 Å². The van der Waals surface area contributed by atoms with Gasteiger partial charge in [0.1, 0.15) is 0 Å². The van der Waals surface area contributed by atoms with E-state index in [1.807, 2.05) is 0 Å². The molecule has 0 aromatic heterocycles. The molecule has 0 aliphatic carbocycles. The first-order chi connectivity index (χ1) is 9.58. The van der Waals surface area contributed by atoms with Crippen molar-refractivity contribution in [1.29, 1.82) is 0 Å². The molecular formula is C12H13ClN4O2S. The second kappa shape index (κ2) is 6.53. The van der Waals surface area contributed by atoms with Crippen LogP contribution in [0.15, 0.2) is 35.8 Å². The molecule has 0 atom stereocenters. The maximum absolute atomic E-state index is 11.2. The minimum atomic E-state index is -0.494. The fraction of sp³-hybridized carbons (Fsp3) is 0.250. The van der Waals surface area contributed by atoms with Crippen LogP contribution in [-0.2, 0) is 0 Å². The highest BCUT2D eigenvalue weighted by Crippen LogP contribution is 2.15. The van der Waals surface area contributed by atoms with Gasteiger partial charge in [0, 0.05) is 23.8 Å². The summed E-state index contributed by atoms with van der Waals surface area (Å²) in [7, 11) is 0. The lowest BCUT2D eigenvalue weighted by Gasteiger charge is -2.19. The summed E-state index contributed by atoms with van der Waals surface area (Å²) in [6.45, 7) is 1.37. The quantitative estimate of drug-likeness (QED) is 0.343. The number of benzene rings is 1. The number of rotatable bonds is 3. The molecule has 3 N–H and O–H groups in total. The van der Waals surface area contributed by atoms with Crippen molar-refractivity contribution in [3.05, 3.63) is 50.9 Å². The molecule has 20 heavy (non-hydrogen) atoms. The zero-order chi connectivity index (χ0) is 14.5. The molecule has 0 saturated carbocycles. The van der Waals surface area contributed by atoms with E-state index in [0.29, 0.717) is 29.6 Å². The molecule has 1 fully saturated rings. The average molecular weight is 313 g/mol. The van der Waals surface area contributed by atoms with E-state index in [9.17, 15) is 10.1 Å². The van der Waals surface area contributed by atoms with Gasteiger partial charge in [0.25, 0.3) is 0 Å². The summed E-state index contributed by atoms with van der Waals surface area (Å²) in [6.07, 6.45) is 0.909. The summed E-state index contributed by atoms with van der Waals surface area (Å²) >= 11 is 10.9. The molecule has 1 saturated heterocycles. The molecule has 106 valence electrons. The van der Waals surface area contributed by atoms with E-state index in [1.165, 1.54) is 0 Å². The second-order valence-corrected chi connectivity index (χ2v) is 4.99. The van der Waals surface area contributed by atoms with Crippen LogP contribution < -0.4 is 16.0 Å². The van der Waals surface area contributed by atoms with Gasteiger partial charge in [-0.05, 0) is 30.7 Å². The smallest absolute Gasteiger partial charge is 0.343 e. The zero-order valence-corrected chi connectivity index (χ0v) is 12.1. The molecular weight excluding hydrogens is 300 g/mol. The zero-order valence-electron chi connectivity index (χ0n) is 10.5. The Bertz CT molecular complexity index is 551. The van der Waals surface area contributed by atoms with E-state index in [2.05, 4.69) is 16.0 Å². The normalized spacial score (nSPS) is 13.9. The molecule has 6 nitrogen and oxygen atoms in total. The summed E-state index contributed by atoms with van der Waals surface area (Å²) in [4.78, 5) is 10.8. The van der Waals surface area contributed by atoms with E-state index in [0.717, 1.165) is 6.42 Å². The third-order valence-electron chi connectivity index (χ3n) is 2.69. The van der Waals surface area contributed by atoms with Crippen molar-refractivity contribution in [2.75, 3.05) is 18.4 Å². The molecule has 0 radical (unpaired) electrons. The second-order valence-electron chi connectivity index (χ2n) is 4.15. The Morgan fingerprint density at radius 1 is 1.30 bits per heavy atom. The monoisotopic (exact) mass is 312 g/mol. The van der Waals surface area contributed by atoms with E-state index in [4.69, 9.17) is 23.8 Å². The van der Waals surface area contributed by atoms with Gasteiger partial charge in [0.2, 0.25) is 0 Å². The number of halogens is 1. The summed E-state index contributed by atoms with van der Waals surface area (Å²) < 4.78 is 0. The summed E-state index contributed by atoms with van der Waals surface area (Å²) in [6, 6.07) is 6.78. The lowest BCUT2D eigenvalue weighted by Crippen LogP contribution is -2.39. The van der Waals surface area contributed by atoms with Gasteiger partial charge < -0.3 is 16.0 Å². The van der Waals surface area contributed by atoms with Crippen molar-refractivity contribution in [1.82, 2.24) is 10.6 Å². The first kappa shape index (κ1) is 14.5. The highest BCUT2D eigenvalue weighted by atomic mass is 35.5. The van der Waals surface area contributed by atoms with Crippen LogP contribution in [-0.4, -0.2) is 23.0 Å². The molecule has 1 aromatic rings. The molecule has 8 heteroatoms. The standard InChI is InChI=1S/C12H13ClN4O2S/c13-8-2-4-9(5-3-8)16-12(20)10(17(18)19)11-14-6-1-7-15-11/h2-5,14-15H,1,6-7H2,(H,16,20). The highest BCUT2D eigenvalue weighted by molar-refractivity contribution is 7.81. The van der Waals surface area contributed by atoms with Gasteiger partial charge in [0.15, 0.2) is 10.8 Å². The molecule has 0 unspecified atom stereocenters. The predicted molar refractivity (Wildman–Crippen MR) is 82.3 cm³/mol. The van der Waals surface area contributed by atoms with E-state index in [-0.39, 0.29) is 10.7 Å². The molecule has 1 aromatic carbocycles. The first-order valence-electron chi connectivity index (χ1n) is 6.01. The first-order valence-corrected chi connectivity index (χ1v) is 6.80. The minimum Gasteiger partial charge on any atom is -0.366 e. The predicted octanol–water partition coefficient (Wildman–Crippen LogP) is 2.11. The number of nitro groups is 1. The van der Waals surface area contributed by atoms with Crippen LogP contribution in [0.5, 0.6) is 0 Å². The van der Waals surface area contributed by atoms with E-state index < -0.39 is 4.92 Å². The molecule has 0 bridgehead atoms. The van der Waals surface area contributed by atoms with Gasteiger partial charge >= 0.3 is 5.70 Å². The Morgan fingerprint density at radius 3 is 2.45 bits per heavy atom. The molecule has 1 heterocycles. The maximum atomic E-state index is 11.2. The molecule has 0 amide bonds. The van der Waals surface area contributed by atoms with Crippen molar-refractivity contribution in [3.63, 3.8) is 0 Å². The van der Waals surface area contributed by atoms with Crippen molar-refractivity contribution in [2.24, 2.45) is 0 Å². The molecule has 0 spiro atoms. The Balaban J connectivity index is 2.19. The maximum Gasteiger partial charge on any atom is 0.343 e. The Labute approximate surface area is 126 Å². The SMILES string of the molecule is O=[N+]([O-])C(C(=S)Nc1ccc(Cl)cc1)=C1NCCCN1. The number of nitrogens with one attached hydrogen (secondary N) is 3. The van der Waals surface area contributed by atoms with Gasteiger partial charge in [-0.2, -0.15) is 0 Å². The van der Waals surface area contributed by atoms with Gasteiger partial charge in [0.05, 0.1) is 4.92 Å². The fourth-order valence-electron chi connectivity index (χ4n) is 1.76. The average Bonchev–Trinajstić information content (AvgIpc) is 2.42. The minimum absolute atomic E-state index is 0.0502. The van der Waals surface area contributed by atoms with Crippen molar-refractivity contribution in [2.45, 2.75) is 6.42 Å². The Morgan fingerprint density at radius 2 is 1.90 bits per heavy atom. The summed E-state index contributed by atoms with van der Waals surface area (Å²) in [5, 5.41) is 20.5. The Kier molecular flexibility index (Phi) is 4.75. The highest BCUT2D eigenvalue weighted by Gasteiger charge is 2.25. The summed E-state index contributed by atoms with van der Waals surface area (Å²) in [5.41, 5.74) is 0.491. The molecule has 2 rings (SSSR count). The fourth-order valence-corrected chi connectivity index (χ4v) is 2.18. The third kappa shape index (κ3) is 3.58. The van der Waals surface area contributed by atoms with Crippen LogP contribution in [0.1, 0.15) is 6.42 Å². The van der Waals surface area contributed by atoms with Crippen LogP contribution >= 0.6 is 23.8 Å². The van der Waals surface area contributed by atoms with Crippen molar-refractivity contribution in [3.8, 4) is 0 Å². The number of thiocarbonyl (C=S) groups is 1. The lowest BCUT2D eigenvalue weighted by atomic mass is 10.3. The number of hydrogen-bond donors (Lipinski definition) is 3. The largest absolute Gasteiger partial charge is 0.366 e. The number of nitrogens with zero attached hydrogens (tertiary/aromatic N) is 1. The van der Waals surface area contributed by atoms with Crippen LogP contribution in [0.4, 0.5) is 5.69 Å². The van der Waals surface area contributed by atoms with E-state index >= 15 is 0 Å². The number of hydrogen-bond acceptors (Lipinski definition) is 5. The lowest BCUT2D eigenvalue weighted by molar-refractivity contribution is -0.416. The Hall–Kier alpha value is -1.86. The third-order valence-corrected chi connectivity index (χ3v) is 3.24. The van der Waals surface area contributed by atoms with Crippen LogP contribution in [0.2, 0.25) is 5.02 Å². The van der Waals surface area contributed by atoms with Gasteiger partial charge in [-0.15, -0.1) is 0 Å². The number of anilines is 1.